The summed E-state index contributed by atoms with van der Waals surface area (Å²) >= 11 is 0. The summed E-state index contributed by atoms with van der Waals surface area (Å²) in [5.74, 6) is 0. The second-order valence-electron chi connectivity index (χ2n) is 11.8. The molecule has 2 aromatic heterocycles. The zero-order valence-corrected chi connectivity index (χ0v) is 23.8. The Hall–Kier alpha value is -5.08. The predicted molar refractivity (Wildman–Crippen MR) is 171 cm³/mol. The summed E-state index contributed by atoms with van der Waals surface area (Å²) in [6, 6.07) is 48.5. The van der Waals surface area contributed by atoms with E-state index in [-0.39, 0.29) is 5.41 Å². The average molecular weight is 539 g/mol. The fourth-order valence-electron chi connectivity index (χ4n) is 7.53. The summed E-state index contributed by atoms with van der Waals surface area (Å²) in [5.41, 5.74) is 13.8. The second kappa shape index (κ2) is 9.22. The van der Waals surface area contributed by atoms with Gasteiger partial charge in [0.2, 0.25) is 0 Å². The minimum atomic E-state index is -0.575. The third-order valence-corrected chi connectivity index (χ3v) is 9.26. The molecule has 0 saturated carbocycles. The summed E-state index contributed by atoms with van der Waals surface area (Å²) in [7, 11) is 0. The molecule has 0 N–H and O–H groups in total. The molecule has 2 aliphatic carbocycles. The van der Waals surface area contributed by atoms with Gasteiger partial charge in [-0.25, -0.2) is 0 Å². The zero-order valence-electron chi connectivity index (χ0n) is 23.8. The highest BCUT2D eigenvalue weighted by molar-refractivity contribution is 6.09. The van der Waals surface area contributed by atoms with Crippen LogP contribution < -0.4 is 0 Å². The van der Waals surface area contributed by atoms with Crippen molar-refractivity contribution >= 4 is 11.1 Å². The summed E-state index contributed by atoms with van der Waals surface area (Å²) in [6.45, 7) is 4.71. The predicted octanol–water partition coefficient (Wildman–Crippen LogP) is 9.09. The third kappa shape index (κ3) is 3.33. The monoisotopic (exact) mass is 538 g/mol. The van der Waals surface area contributed by atoms with Crippen LogP contribution in [0.1, 0.15) is 58.5 Å². The van der Waals surface area contributed by atoms with Gasteiger partial charge in [-0.15, -0.1) is 0 Å². The summed E-state index contributed by atoms with van der Waals surface area (Å²) < 4.78 is 0. The van der Waals surface area contributed by atoms with Crippen LogP contribution in [0.25, 0.3) is 22.4 Å². The highest BCUT2D eigenvalue weighted by Gasteiger charge is 2.49. The topological polar surface area (TPSA) is 25.8 Å². The largest absolute Gasteiger partial charge is 0.256 e. The summed E-state index contributed by atoms with van der Waals surface area (Å²) in [5, 5.41) is 0. The van der Waals surface area contributed by atoms with E-state index >= 15 is 0 Å². The van der Waals surface area contributed by atoms with E-state index in [2.05, 4.69) is 141 Å². The molecule has 6 aromatic rings. The Morgan fingerprint density at radius 3 is 1.93 bits per heavy atom. The van der Waals surface area contributed by atoms with Crippen LogP contribution in [0.4, 0.5) is 0 Å². The fraction of sp³-hybridized carbons (Fsp3) is 0.100. The number of hydrogen-bond donors (Lipinski definition) is 0. The molecule has 200 valence electrons. The van der Waals surface area contributed by atoms with Gasteiger partial charge in [0, 0.05) is 28.9 Å². The first kappa shape index (κ1) is 24.7. The van der Waals surface area contributed by atoms with E-state index in [1.165, 1.54) is 50.1 Å². The Bertz CT molecular complexity index is 2000. The van der Waals surface area contributed by atoms with Crippen LogP contribution in [0.5, 0.6) is 0 Å². The van der Waals surface area contributed by atoms with Crippen LogP contribution in [0.15, 0.2) is 146 Å². The van der Waals surface area contributed by atoms with Crippen LogP contribution in [0.3, 0.4) is 0 Å². The maximum Gasteiger partial charge on any atom is 0.0752 e. The number of aromatic nitrogens is 2. The molecule has 0 radical (unpaired) electrons. The third-order valence-electron chi connectivity index (χ3n) is 9.26. The van der Waals surface area contributed by atoms with Gasteiger partial charge in [-0.2, -0.15) is 0 Å². The molecule has 4 aromatic carbocycles. The second-order valence-corrected chi connectivity index (χ2v) is 11.8. The minimum absolute atomic E-state index is 0.218. The number of nitrogens with zero attached hydrogens (tertiary/aromatic N) is 2. The molecule has 0 bridgehead atoms. The van der Waals surface area contributed by atoms with Crippen LogP contribution in [-0.2, 0) is 10.8 Å². The fourth-order valence-corrected chi connectivity index (χ4v) is 7.53. The SMILES string of the molecule is CC1(C)C2=C(c3ccccc3C(c3ccccc3)(c3cccc(-c4ccccn4)c3)c3ccccc32)c2ncccc21. The molecule has 2 nitrogen and oxygen atoms in total. The molecular weight excluding hydrogens is 508 g/mol. The van der Waals surface area contributed by atoms with Crippen molar-refractivity contribution in [1.29, 1.82) is 0 Å². The van der Waals surface area contributed by atoms with E-state index < -0.39 is 5.41 Å². The van der Waals surface area contributed by atoms with Gasteiger partial charge in [0.25, 0.3) is 0 Å². The molecule has 8 rings (SSSR count). The first-order valence-corrected chi connectivity index (χ1v) is 14.6. The number of allylic oxidation sites excluding steroid dienone is 1. The van der Waals surface area contributed by atoms with Gasteiger partial charge in [0.15, 0.2) is 0 Å². The van der Waals surface area contributed by atoms with Crippen LogP contribution in [-0.4, -0.2) is 9.97 Å². The van der Waals surface area contributed by atoms with Crippen molar-refractivity contribution < 1.29 is 0 Å². The Morgan fingerprint density at radius 1 is 0.500 bits per heavy atom. The summed E-state index contributed by atoms with van der Waals surface area (Å²) in [6.07, 6.45) is 3.80. The molecule has 42 heavy (non-hydrogen) atoms. The van der Waals surface area contributed by atoms with Crippen LogP contribution in [0, 0.1) is 0 Å². The first-order chi connectivity index (χ1) is 20.6. The zero-order chi connectivity index (χ0) is 28.3. The normalized spacial score (nSPS) is 18.0. The molecule has 1 atom stereocenters. The van der Waals surface area contributed by atoms with E-state index in [0.29, 0.717) is 0 Å². The maximum absolute atomic E-state index is 5.03. The van der Waals surface area contributed by atoms with E-state index in [1.54, 1.807) is 0 Å². The van der Waals surface area contributed by atoms with Gasteiger partial charge >= 0.3 is 0 Å². The van der Waals surface area contributed by atoms with Crippen LogP contribution >= 0.6 is 0 Å². The molecule has 2 heterocycles. The maximum atomic E-state index is 5.03. The molecule has 0 aliphatic heterocycles. The quantitative estimate of drug-likeness (QED) is 0.225. The van der Waals surface area contributed by atoms with Crippen molar-refractivity contribution in [3.05, 3.63) is 190 Å². The van der Waals surface area contributed by atoms with Crippen molar-refractivity contribution in [1.82, 2.24) is 9.97 Å². The highest BCUT2D eigenvalue weighted by Crippen LogP contribution is 2.60. The van der Waals surface area contributed by atoms with Crippen LogP contribution in [0.2, 0.25) is 0 Å². The number of fused-ring (bicyclic) bond motifs is 6. The first-order valence-electron chi connectivity index (χ1n) is 14.6. The standard InChI is InChI=1S/C40H30N2/c1-39(2)34-22-13-25-42-38(34)36-30-18-6-8-20-32(30)40(28-15-4-3-5-16-28,33-21-9-7-19-31(33)37(36)39)29-17-12-14-27(26-29)35-23-10-11-24-41-35/h3-26H,1-2H3. The van der Waals surface area contributed by atoms with Gasteiger partial charge in [-0.05, 0) is 68.8 Å². The van der Waals surface area contributed by atoms with Crippen molar-refractivity contribution in [2.24, 2.45) is 0 Å². The molecule has 2 aliphatic rings. The Labute approximate surface area is 247 Å². The Kier molecular flexibility index (Phi) is 5.42. The minimum Gasteiger partial charge on any atom is -0.256 e. The lowest BCUT2D eigenvalue weighted by molar-refractivity contribution is 0.692. The van der Waals surface area contributed by atoms with E-state index in [9.17, 15) is 0 Å². The Balaban J connectivity index is 1.56. The molecule has 0 fully saturated rings. The van der Waals surface area contributed by atoms with Crippen molar-refractivity contribution in [3.8, 4) is 11.3 Å². The molecule has 1 unspecified atom stereocenters. The summed E-state index contributed by atoms with van der Waals surface area (Å²) in [4.78, 5) is 9.75. The van der Waals surface area contributed by atoms with E-state index in [0.717, 1.165) is 17.0 Å². The lowest BCUT2D eigenvalue weighted by Crippen LogP contribution is -2.33. The average Bonchev–Trinajstić information content (AvgIpc) is 3.21. The van der Waals surface area contributed by atoms with E-state index in [1.807, 2.05) is 18.5 Å². The number of rotatable bonds is 3. The molecule has 0 amide bonds. The van der Waals surface area contributed by atoms with E-state index in [4.69, 9.17) is 9.97 Å². The molecule has 0 spiro atoms. The van der Waals surface area contributed by atoms with Crippen molar-refractivity contribution in [2.75, 3.05) is 0 Å². The van der Waals surface area contributed by atoms with Crippen molar-refractivity contribution in [2.45, 2.75) is 24.7 Å². The molecule has 0 saturated heterocycles. The lowest BCUT2D eigenvalue weighted by atomic mass is 9.62. The lowest BCUT2D eigenvalue weighted by Gasteiger charge is -2.39. The van der Waals surface area contributed by atoms with Gasteiger partial charge in [-0.3, -0.25) is 9.97 Å². The Morgan fingerprint density at radius 2 is 1.14 bits per heavy atom. The smallest absolute Gasteiger partial charge is 0.0752 e. The van der Waals surface area contributed by atoms with Gasteiger partial charge < -0.3 is 0 Å². The molecule has 2 heteroatoms. The van der Waals surface area contributed by atoms with Gasteiger partial charge in [0.05, 0.1) is 16.8 Å². The van der Waals surface area contributed by atoms with Gasteiger partial charge in [0.1, 0.15) is 0 Å². The highest BCUT2D eigenvalue weighted by atomic mass is 14.7. The van der Waals surface area contributed by atoms with Gasteiger partial charge in [-0.1, -0.05) is 123 Å². The van der Waals surface area contributed by atoms with Crippen molar-refractivity contribution in [3.63, 3.8) is 0 Å². The molecular formula is C40H30N2. The number of pyridine rings is 2. The number of benzene rings is 4. The number of hydrogen-bond acceptors (Lipinski definition) is 2.